The highest BCUT2D eigenvalue weighted by Gasteiger charge is 2.10. The summed E-state index contributed by atoms with van der Waals surface area (Å²) in [5, 5.41) is 20.3. The Balaban J connectivity index is 1.41. The van der Waals surface area contributed by atoms with Crippen molar-refractivity contribution in [1.82, 2.24) is 19.8 Å². The number of hydrogen-bond donors (Lipinski definition) is 1. The molecule has 3 aromatic heterocycles. The number of ether oxygens (including phenoxy) is 1. The number of nitrogens with zero attached hydrogens (tertiary/aromatic N) is 4. The first-order valence-corrected chi connectivity index (χ1v) is 8.92. The van der Waals surface area contributed by atoms with Gasteiger partial charge in [0.1, 0.15) is 18.2 Å². The van der Waals surface area contributed by atoms with Gasteiger partial charge in [-0.25, -0.2) is 0 Å². The zero-order valence-electron chi connectivity index (χ0n) is 13.7. The molecule has 0 aliphatic rings. The van der Waals surface area contributed by atoms with Crippen LogP contribution in [0, 0.1) is 6.92 Å². The van der Waals surface area contributed by atoms with E-state index in [0.717, 1.165) is 28.6 Å². The van der Waals surface area contributed by atoms with Crippen molar-refractivity contribution < 1.29 is 4.74 Å². The highest BCUT2D eigenvalue weighted by atomic mass is 32.1. The number of benzene rings is 1. The Labute approximate surface area is 149 Å². The lowest BCUT2D eigenvalue weighted by molar-refractivity contribution is 0.332. The number of aromatic nitrogens is 4. The van der Waals surface area contributed by atoms with Gasteiger partial charge in [-0.3, -0.25) is 0 Å². The Hall–Kier alpha value is -2.93. The lowest BCUT2D eigenvalue weighted by atomic mass is 10.2. The third-order valence-electron chi connectivity index (χ3n) is 3.74. The number of thiophene rings is 1. The summed E-state index contributed by atoms with van der Waals surface area (Å²) in [5.74, 6) is 2.38. The molecule has 0 atom stereocenters. The Kier molecular flexibility index (Phi) is 4.30. The summed E-state index contributed by atoms with van der Waals surface area (Å²) >= 11 is 1.63. The van der Waals surface area contributed by atoms with Crippen molar-refractivity contribution in [2.75, 3.05) is 18.5 Å². The summed E-state index contributed by atoms with van der Waals surface area (Å²) in [6.07, 6.45) is 0. The van der Waals surface area contributed by atoms with Gasteiger partial charge in [-0.05, 0) is 42.6 Å². The van der Waals surface area contributed by atoms with Crippen molar-refractivity contribution in [2.45, 2.75) is 6.92 Å². The molecular formula is C18H17N5OS. The molecule has 0 saturated heterocycles. The summed E-state index contributed by atoms with van der Waals surface area (Å²) in [4.78, 5) is 0. The molecule has 3 heterocycles. The van der Waals surface area contributed by atoms with Crippen molar-refractivity contribution >= 4 is 22.8 Å². The Morgan fingerprint density at radius 3 is 2.76 bits per heavy atom. The van der Waals surface area contributed by atoms with Crippen LogP contribution in [-0.4, -0.2) is 33.0 Å². The van der Waals surface area contributed by atoms with Crippen molar-refractivity contribution in [1.29, 1.82) is 0 Å². The number of aryl methyl sites for hydroxylation is 1. The summed E-state index contributed by atoms with van der Waals surface area (Å²) in [7, 11) is 0. The molecule has 0 saturated carbocycles. The molecule has 1 N–H and O–H groups in total. The second kappa shape index (κ2) is 6.90. The van der Waals surface area contributed by atoms with Crippen molar-refractivity contribution in [2.24, 2.45) is 0 Å². The van der Waals surface area contributed by atoms with E-state index in [1.165, 1.54) is 5.56 Å². The molecule has 4 rings (SSSR count). The molecule has 0 aliphatic heterocycles. The molecule has 4 aromatic rings. The van der Waals surface area contributed by atoms with Crippen molar-refractivity contribution in [3.8, 4) is 17.1 Å². The lowest BCUT2D eigenvalue weighted by Gasteiger charge is -2.08. The molecule has 0 unspecified atom stereocenters. The molecule has 0 bridgehead atoms. The van der Waals surface area contributed by atoms with E-state index >= 15 is 0 Å². The molecule has 126 valence electrons. The molecule has 0 fully saturated rings. The first-order valence-electron chi connectivity index (χ1n) is 7.98. The maximum Gasteiger partial charge on any atom is 0.186 e. The highest BCUT2D eigenvalue weighted by molar-refractivity contribution is 7.08. The van der Waals surface area contributed by atoms with Crippen LogP contribution in [0.4, 0.5) is 5.82 Å². The summed E-state index contributed by atoms with van der Waals surface area (Å²) in [5.41, 5.74) is 2.96. The highest BCUT2D eigenvalue weighted by Crippen LogP contribution is 2.20. The molecule has 0 spiro atoms. The van der Waals surface area contributed by atoms with Gasteiger partial charge >= 0.3 is 0 Å². The minimum atomic E-state index is 0.558. The largest absolute Gasteiger partial charge is 0.492 e. The molecular weight excluding hydrogens is 334 g/mol. The fourth-order valence-corrected chi connectivity index (χ4v) is 3.07. The first kappa shape index (κ1) is 15.6. The van der Waals surface area contributed by atoms with E-state index in [-0.39, 0.29) is 0 Å². The van der Waals surface area contributed by atoms with E-state index < -0.39 is 0 Å². The second-order valence-electron chi connectivity index (χ2n) is 5.61. The van der Waals surface area contributed by atoms with Crippen LogP contribution in [0.5, 0.6) is 5.75 Å². The van der Waals surface area contributed by atoms with Gasteiger partial charge < -0.3 is 10.1 Å². The fraction of sp³-hybridized carbons (Fsp3) is 0.167. The topological polar surface area (TPSA) is 64.3 Å². The van der Waals surface area contributed by atoms with E-state index in [1.54, 1.807) is 15.9 Å². The number of hydrogen-bond acceptors (Lipinski definition) is 6. The number of rotatable bonds is 6. The van der Waals surface area contributed by atoms with Crippen LogP contribution in [0.25, 0.3) is 17.0 Å². The number of nitrogens with one attached hydrogen (secondary N) is 1. The normalized spacial score (nSPS) is 10.9. The summed E-state index contributed by atoms with van der Waals surface area (Å²) < 4.78 is 7.47. The minimum Gasteiger partial charge on any atom is -0.492 e. The standard InChI is InChI=1S/C18H17N5OS/c1-13-2-4-15(5-3-13)24-10-9-19-16-6-7-17-20-21-18(23(17)22-16)14-8-11-25-12-14/h2-8,11-12H,9-10H2,1H3,(H,19,22). The average molecular weight is 351 g/mol. The smallest absolute Gasteiger partial charge is 0.186 e. The first-order chi connectivity index (χ1) is 12.3. The van der Waals surface area contributed by atoms with E-state index in [4.69, 9.17) is 4.74 Å². The zero-order chi connectivity index (χ0) is 17.1. The van der Waals surface area contributed by atoms with Gasteiger partial charge in [-0.2, -0.15) is 15.9 Å². The van der Waals surface area contributed by atoms with Crippen LogP contribution >= 0.6 is 11.3 Å². The lowest BCUT2D eigenvalue weighted by Crippen LogP contribution is -2.13. The predicted octanol–water partition coefficient (Wildman–Crippen LogP) is 3.65. The molecule has 1 aromatic carbocycles. The number of fused-ring (bicyclic) bond motifs is 1. The van der Waals surface area contributed by atoms with Gasteiger partial charge in [0.05, 0.1) is 6.54 Å². The maximum absolute atomic E-state index is 5.72. The zero-order valence-corrected chi connectivity index (χ0v) is 14.5. The van der Waals surface area contributed by atoms with Crippen LogP contribution in [0.15, 0.2) is 53.2 Å². The van der Waals surface area contributed by atoms with Gasteiger partial charge in [-0.15, -0.1) is 15.3 Å². The quantitative estimate of drug-likeness (QED) is 0.537. The van der Waals surface area contributed by atoms with Gasteiger partial charge in [-0.1, -0.05) is 17.7 Å². The molecule has 0 aliphatic carbocycles. The Morgan fingerprint density at radius 1 is 1.08 bits per heavy atom. The van der Waals surface area contributed by atoms with Crippen LogP contribution in [0.1, 0.15) is 5.56 Å². The summed E-state index contributed by atoms with van der Waals surface area (Å²) in [6, 6.07) is 13.8. The second-order valence-corrected chi connectivity index (χ2v) is 6.39. The molecule has 25 heavy (non-hydrogen) atoms. The van der Waals surface area contributed by atoms with Crippen LogP contribution in [0.2, 0.25) is 0 Å². The van der Waals surface area contributed by atoms with Crippen LogP contribution < -0.4 is 10.1 Å². The van der Waals surface area contributed by atoms with Crippen molar-refractivity contribution in [3.63, 3.8) is 0 Å². The Morgan fingerprint density at radius 2 is 1.96 bits per heavy atom. The van der Waals surface area contributed by atoms with Crippen molar-refractivity contribution in [3.05, 3.63) is 58.8 Å². The third kappa shape index (κ3) is 3.46. The molecule has 0 radical (unpaired) electrons. The van der Waals surface area contributed by atoms with Crippen LogP contribution in [0.3, 0.4) is 0 Å². The van der Waals surface area contributed by atoms with Gasteiger partial charge in [0.2, 0.25) is 0 Å². The minimum absolute atomic E-state index is 0.558. The predicted molar refractivity (Wildman–Crippen MR) is 99.3 cm³/mol. The van der Waals surface area contributed by atoms with E-state index in [0.29, 0.717) is 13.2 Å². The molecule has 0 amide bonds. The van der Waals surface area contributed by atoms with Gasteiger partial charge in [0.15, 0.2) is 11.5 Å². The molecule has 6 nitrogen and oxygen atoms in total. The summed E-state index contributed by atoms with van der Waals surface area (Å²) in [6.45, 7) is 3.27. The monoisotopic (exact) mass is 351 g/mol. The molecule has 7 heteroatoms. The van der Waals surface area contributed by atoms with Crippen LogP contribution in [-0.2, 0) is 0 Å². The third-order valence-corrected chi connectivity index (χ3v) is 4.42. The maximum atomic E-state index is 5.72. The van der Waals surface area contributed by atoms with E-state index in [2.05, 4.69) is 27.5 Å². The van der Waals surface area contributed by atoms with Gasteiger partial charge in [0.25, 0.3) is 0 Å². The van der Waals surface area contributed by atoms with Gasteiger partial charge in [0, 0.05) is 10.9 Å². The Bertz CT molecular complexity index is 963. The van der Waals surface area contributed by atoms with E-state index in [9.17, 15) is 0 Å². The average Bonchev–Trinajstić information content (AvgIpc) is 3.29. The number of anilines is 1. The SMILES string of the molecule is Cc1ccc(OCCNc2ccc3nnc(-c4ccsc4)n3n2)cc1. The fourth-order valence-electron chi connectivity index (χ4n) is 2.44. The van der Waals surface area contributed by atoms with E-state index in [1.807, 2.05) is 53.2 Å².